The first-order chi connectivity index (χ1) is 14.0. The van der Waals surface area contributed by atoms with Gasteiger partial charge in [-0.15, -0.1) is 0 Å². The Morgan fingerprint density at radius 3 is 2.48 bits per heavy atom. The fraction of sp³-hybridized carbons (Fsp3) is 0. The Balaban J connectivity index is 1.86. The van der Waals surface area contributed by atoms with Gasteiger partial charge in [-0.2, -0.15) is 0 Å². The van der Waals surface area contributed by atoms with E-state index in [9.17, 15) is 18.7 Å². The summed E-state index contributed by atoms with van der Waals surface area (Å²) >= 11 is 0. The van der Waals surface area contributed by atoms with E-state index in [4.69, 9.17) is 4.42 Å². The molecule has 1 amide bonds. The summed E-state index contributed by atoms with van der Waals surface area (Å²) in [5.74, 6) is -1.60. The first-order valence-electron chi connectivity index (χ1n) is 8.63. The third kappa shape index (κ3) is 3.98. The number of benzene rings is 3. The van der Waals surface area contributed by atoms with Crippen LogP contribution in [0.15, 0.2) is 82.2 Å². The number of fused-ring (bicyclic) bond motifs is 1. The maximum Gasteiger partial charge on any atom is 0.261 e. The van der Waals surface area contributed by atoms with E-state index in [-0.39, 0.29) is 28.1 Å². The third-order valence-electron chi connectivity index (χ3n) is 4.16. The van der Waals surface area contributed by atoms with Gasteiger partial charge in [0.25, 0.3) is 5.91 Å². The minimum Gasteiger partial charge on any atom is -0.508 e. The topological polar surface area (TPSA) is 74.8 Å². The molecule has 0 unspecified atom stereocenters. The van der Waals surface area contributed by atoms with E-state index < -0.39 is 17.5 Å². The molecule has 0 bridgehead atoms. The van der Waals surface area contributed by atoms with Crippen molar-refractivity contribution in [3.05, 3.63) is 95.5 Å². The highest BCUT2D eigenvalue weighted by atomic mass is 19.1. The van der Waals surface area contributed by atoms with Gasteiger partial charge in [-0.1, -0.05) is 12.1 Å². The SMILES string of the molecule is O=C(Nc1ccc(F)cc1)c1cc2ccc(O)cc2oc1=Nc1ccccc1F. The van der Waals surface area contributed by atoms with Crippen molar-refractivity contribution in [2.45, 2.75) is 0 Å². The maximum absolute atomic E-state index is 14.1. The van der Waals surface area contributed by atoms with Crippen molar-refractivity contribution >= 4 is 28.3 Å². The van der Waals surface area contributed by atoms with Crippen molar-refractivity contribution < 1.29 is 23.1 Å². The summed E-state index contributed by atoms with van der Waals surface area (Å²) in [6.45, 7) is 0. The number of phenols is 1. The molecule has 1 aromatic heterocycles. The number of hydrogen-bond acceptors (Lipinski definition) is 4. The van der Waals surface area contributed by atoms with Crippen LogP contribution in [-0.2, 0) is 0 Å². The molecule has 0 aliphatic heterocycles. The Bertz CT molecular complexity index is 1280. The average Bonchev–Trinajstić information content (AvgIpc) is 2.71. The first kappa shape index (κ1) is 18.4. The number of carbonyl (C=O) groups excluding carboxylic acids is 1. The lowest BCUT2D eigenvalue weighted by Gasteiger charge is -2.07. The van der Waals surface area contributed by atoms with Crippen LogP contribution in [0.1, 0.15) is 10.4 Å². The van der Waals surface area contributed by atoms with Crippen LogP contribution in [0.2, 0.25) is 0 Å². The quantitative estimate of drug-likeness (QED) is 0.521. The number of hydrogen-bond donors (Lipinski definition) is 2. The van der Waals surface area contributed by atoms with Crippen molar-refractivity contribution in [3.8, 4) is 5.75 Å². The minimum atomic E-state index is -0.580. The molecule has 1 heterocycles. The molecule has 2 N–H and O–H groups in total. The van der Waals surface area contributed by atoms with Gasteiger partial charge in [0.1, 0.15) is 34.2 Å². The Hall–Kier alpha value is -4.00. The molecule has 0 spiro atoms. The number of halogens is 2. The Morgan fingerprint density at radius 1 is 0.966 bits per heavy atom. The Morgan fingerprint density at radius 2 is 1.72 bits per heavy atom. The second-order valence-electron chi connectivity index (χ2n) is 6.21. The van der Waals surface area contributed by atoms with Crippen LogP contribution >= 0.6 is 0 Å². The van der Waals surface area contributed by atoms with Crippen molar-refractivity contribution in [3.63, 3.8) is 0 Å². The zero-order valence-electron chi connectivity index (χ0n) is 14.9. The Kier molecular flexibility index (Phi) is 4.78. The van der Waals surface area contributed by atoms with Crippen LogP contribution in [0.3, 0.4) is 0 Å². The smallest absolute Gasteiger partial charge is 0.261 e. The molecule has 144 valence electrons. The highest BCUT2D eigenvalue weighted by Crippen LogP contribution is 2.21. The number of phenolic OH excluding ortho intramolecular Hbond substituents is 1. The Labute approximate surface area is 163 Å². The van der Waals surface area contributed by atoms with E-state index in [1.807, 2.05) is 0 Å². The predicted molar refractivity (Wildman–Crippen MR) is 104 cm³/mol. The molecule has 0 atom stereocenters. The molecule has 0 fully saturated rings. The lowest BCUT2D eigenvalue weighted by Crippen LogP contribution is -2.21. The maximum atomic E-state index is 14.1. The molecule has 4 rings (SSSR count). The van der Waals surface area contributed by atoms with Gasteiger partial charge in [-0.25, -0.2) is 13.8 Å². The van der Waals surface area contributed by atoms with E-state index in [1.54, 1.807) is 12.1 Å². The molecular formula is C22H14F2N2O3. The average molecular weight is 392 g/mol. The molecule has 5 nitrogen and oxygen atoms in total. The van der Waals surface area contributed by atoms with E-state index >= 15 is 0 Å². The third-order valence-corrected chi connectivity index (χ3v) is 4.16. The number of rotatable bonds is 3. The molecular weight excluding hydrogens is 378 g/mol. The second-order valence-corrected chi connectivity index (χ2v) is 6.21. The van der Waals surface area contributed by atoms with Crippen molar-refractivity contribution in [2.75, 3.05) is 5.32 Å². The van der Waals surface area contributed by atoms with Crippen LogP contribution in [0.4, 0.5) is 20.2 Å². The van der Waals surface area contributed by atoms with Crippen LogP contribution < -0.4 is 10.9 Å². The molecule has 0 aliphatic carbocycles. The van der Waals surface area contributed by atoms with E-state index in [0.29, 0.717) is 11.1 Å². The number of anilines is 1. The van der Waals surface area contributed by atoms with Crippen molar-refractivity contribution in [1.29, 1.82) is 0 Å². The number of aromatic hydroxyl groups is 1. The lowest BCUT2D eigenvalue weighted by atomic mass is 10.1. The first-order valence-corrected chi connectivity index (χ1v) is 8.63. The van der Waals surface area contributed by atoms with Gasteiger partial charge >= 0.3 is 0 Å². The van der Waals surface area contributed by atoms with E-state index in [1.165, 1.54) is 60.7 Å². The largest absolute Gasteiger partial charge is 0.508 e. The van der Waals surface area contributed by atoms with E-state index in [2.05, 4.69) is 10.3 Å². The predicted octanol–water partition coefficient (Wildman–Crippen LogP) is 4.90. The summed E-state index contributed by atoms with van der Waals surface area (Å²) in [6.07, 6.45) is 0. The molecule has 29 heavy (non-hydrogen) atoms. The van der Waals surface area contributed by atoms with Gasteiger partial charge in [-0.3, -0.25) is 4.79 Å². The summed E-state index contributed by atoms with van der Waals surface area (Å²) in [4.78, 5) is 17.0. The van der Waals surface area contributed by atoms with Crippen molar-refractivity contribution in [2.24, 2.45) is 4.99 Å². The lowest BCUT2D eigenvalue weighted by molar-refractivity contribution is 0.102. The van der Waals surface area contributed by atoms with Gasteiger partial charge in [0.2, 0.25) is 5.55 Å². The van der Waals surface area contributed by atoms with E-state index in [0.717, 1.165) is 0 Å². The standard InChI is InChI=1S/C22H14F2N2O3/c23-14-6-8-15(9-7-14)25-21(28)17-11-13-5-10-16(27)12-20(13)29-22(17)26-19-4-2-1-3-18(19)24/h1-12,27H,(H,25,28). The van der Waals surface area contributed by atoms with Crippen LogP contribution in [0, 0.1) is 11.6 Å². The highest BCUT2D eigenvalue weighted by molar-refractivity contribution is 6.05. The van der Waals surface area contributed by atoms with Gasteiger partial charge in [-0.05, 0) is 54.6 Å². The zero-order chi connectivity index (χ0) is 20.4. The zero-order valence-corrected chi connectivity index (χ0v) is 14.9. The van der Waals surface area contributed by atoms with Gasteiger partial charge in [0.05, 0.1) is 0 Å². The van der Waals surface area contributed by atoms with Crippen LogP contribution in [0.5, 0.6) is 5.75 Å². The van der Waals surface area contributed by atoms with Crippen LogP contribution in [-0.4, -0.2) is 11.0 Å². The van der Waals surface area contributed by atoms with Gasteiger partial charge in [0.15, 0.2) is 0 Å². The number of para-hydroxylation sites is 1. The summed E-state index contributed by atoms with van der Waals surface area (Å²) in [5, 5.41) is 12.9. The normalized spacial score (nSPS) is 11.6. The number of nitrogens with one attached hydrogen (secondary N) is 1. The molecule has 4 aromatic rings. The number of nitrogens with zero attached hydrogens (tertiary/aromatic N) is 1. The van der Waals surface area contributed by atoms with Gasteiger partial charge < -0.3 is 14.8 Å². The molecule has 0 aliphatic rings. The molecule has 0 saturated carbocycles. The van der Waals surface area contributed by atoms with Crippen LogP contribution in [0.25, 0.3) is 11.0 Å². The minimum absolute atomic E-state index is 0.00779. The summed E-state index contributed by atoms with van der Waals surface area (Å²) < 4.78 is 32.9. The monoisotopic (exact) mass is 392 g/mol. The summed E-state index contributed by atoms with van der Waals surface area (Å²) in [7, 11) is 0. The molecule has 0 radical (unpaired) electrons. The fourth-order valence-corrected chi connectivity index (χ4v) is 2.74. The molecule has 0 saturated heterocycles. The highest BCUT2D eigenvalue weighted by Gasteiger charge is 2.14. The molecule has 3 aromatic carbocycles. The number of amides is 1. The van der Waals surface area contributed by atoms with Crippen molar-refractivity contribution in [1.82, 2.24) is 0 Å². The summed E-state index contributed by atoms with van der Waals surface area (Å²) in [6, 6.07) is 17.0. The second kappa shape index (κ2) is 7.55. The molecule has 7 heteroatoms. The fourth-order valence-electron chi connectivity index (χ4n) is 2.74. The number of carbonyl (C=O) groups is 1. The van der Waals surface area contributed by atoms with Gasteiger partial charge in [0, 0.05) is 17.1 Å². The summed E-state index contributed by atoms with van der Waals surface area (Å²) in [5.41, 5.74) is 0.563.